The van der Waals surface area contributed by atoms with Gasteiger partial charge in [-0.3, -0.25) is 0 Å². The van der Waals surface area contributed by atoms with E-state index < -0.39 is 0 Å². The number of aryl methyl sites for hydroxylation is 14. The lowest BCUT2D eigenvalue weighted by atomic mass is 10.2. The van der Waals surface area contributed by atoms with Gasteiger partial charge in [0, 0.05) is 58.9 Å². The first-order chi connectivity index (χ1) is 31.5. The summed E-state index contributed by atoms with van der Waals surface area (Å²) >= 11 is 11.5. The first-order valence-electron chi connectivity index (χ1n) is 24.4. The van der Waals surface area contributed by atoms with Crippen molar-refractivity contribution < 1.29 is 1.43 Å². The average molecular weight is 1020 g/mol. The van der Waals surface area contributed by atoms with Crippen LogP contribution in [-0.4, -0.2) is 0 Å². The van der Waals surface area contributed by atoms with E-state index >= 15 is 0 Å². The summed E-state index contributed by atoms with van der Waals surface area (Å²) in [7, 11) is 0. The second kappa shape index (κ2) is 36.8. The third-order valence-corrected chi connectivity index (χ3v) is 17.3. The molecule has 0 amide bonds. The molecule has 0 aliphatic carbocycles. The van der Waals surface area contributed by atoms with E-state index in [0.717, 1.165) is 0 Å². The molecule has 0 N–H and O–H groups in total. The smallest absolute Gasteiger partial charge is 0.0488 e. The van der Waals surface area contributed by atoms with Gasteiger partial charge in [0.1, 0.15) is 0 Å². The van der Waals surface area contributed by atoms with Gasteiger partial charge in [0.05, 0.1) is 0 Å². The highest BCUT2D eigenvalue weighted by Gasteiger charge is 2.12. The average Bonchev–Trinajstić information content (AvgIpc) is 4.16. The van der Waals surface area contributed by atoms with Gasteiger partial charge >= 0.3 is 0 Å². The minimum Gasteiger partial charge on any atom is -0.141 e. The standard InChI is InChI=1S/2C10H12S2.2C10H10S.C8H10.6C2H6.CH4.H2/c2*1-5-7(3)11-10-6(2)8(4)12-9(5)10;1-7-3-4-10-9(5-7)6-8(2)11-10;1-7-3-4-9-6-8(2)11-10(9)5-7;1-7-3-5-8(2)6-4-7;6*1-2;;/h2*1-4H3;2*3-6H,1-2H3;3-6H,1-2H3;6*1-2H3;1H4;1H/i;;;;;;;;;;;;1+1. The first kappa shape index (κ1) is 68.2. The quantitative estimate of drug-likeness (QED) is 0.142. The molecule has 376 valence electrons. The van der Waals surface area contributed by atoms with Crippen molar-refractivity contribution in [1.29, 1.82) is 0 Å². The number of rotatable bonds is 0. The Morgan fingerprint density at radius 1 is 0.269 bits per heavy atom. The van der Waals surface area contributed by atoms with Crippen LogP contribution in [0.3, 0.4) is 0 Å². The fourth-order valence-electron chi connectivity index (χ4n) is 5.93. The molecular formula is C61H96S6. The van der Waals surface area contributed by atoms with Crippen molar-refractivity contribution in [3.05, 3.63) is 147 Å². The molecule has 6 aromatic heterocycles. The fourth-order valence-corrected chi connectivity index (χ4v) is 13.1. The molecule has 0 aliphatic rings. The molecule has 0 saturated carbocycles. The van der Waals surface area contributed by atoms with Crippen LogP contribution in [0.1, 0.15) is 166 Å². The van der Waals surface area contributed by atoms with E-state index in [4.69, 9.17) is 0 Å². The molecule has 0 nitrogen and oxygen atoms in total. The summed E-state index contributed by atoms with van der Waals surface area (Å²) in [5.74, 6) is 0. The van der Waals surface area contributed by atoms with Crippen LogP contribution >= 0.6 is 68.0 Å². The van der Waals surface area contributed by atoms with Crippen molar-refractivity contribution in [3.63, 3.8) is 0 Å². The van der Waals surface area contributed by atoms with E-state index in [-0.39, 0.29) is 8.85 Å². The predicted octanol–water partition coefficient (Wildman–Crippen LogP) is 24.8. The van der Waals surface area contributed by atoms with Gasteiger partial charge in [0.15, 0.2) is 0 Å². The number of benzene rings is 3. The van der Waals surface area contributed by atoms with Crippen LogP contribution in [0.5, 0.6) is 0 Å². The van der Waals surface area contributed by atoms with Crippen LogP contribution in [0.25, 0.3) is 39.0 Å². The SMILES string of the molecule is C.CC.CC.CC.CC.CC.CC.Cc1ccc(C)cc1.Cc1ccc2cc(C)sc2c1.Cc1ccc2sc(C)cc2c1.Cc1sc2c(C)c(C)sc2c1C.Cc1sc2c(C)c(C)sc2c1C.[2HH]. The van der Waals surface area contributed by atoms with E-state index in [1.807, 2.05) is 151 Å². The van der Waals surface area contributed by atoms with Crippen LogP contribution in [-0.2, 0) is 0 Å². The summed E-state index contributed by atoms with van der Waals surface area (Å²) in [5.41, 5.74) is 11.3. The molecule has 6 heterocycles. The van der Waals surface area contributed by atoms with Crippen molar-refractivity contribution in [2.75, 3.05) is 0 Å². The molecular weight excluding hydrogens is 925 g/mol. The molecule has 9 rings (SSSR count). The minimum absolute atomic E-state index is 0. The Morgan fingerprint density at radius 2 is 0.537 bits per heavy atom. The molecule has 0 fully saturated rings. The van der Waals surface area contributed by atoms with Gasteiger partial charge in [-0.1, -0.05) is 156 Å². The van der Waals surface area contributed by atoms with Crippen molar-refractivity contribution in [3.8, 4) is 0 Å². The zero-order valence-electron chi connectivity index (χ0n) is 46.4. The Hall–Kier alpha value is -3.10. The third-order valence-electron chi connectivity index (χ3n) is 9.72. The lowest BCUT2D eigenvalue weighted by Crippen LogP contribution is -1.70. The van der Waals surface area contributed by atoms with Gasteiger partial charge < -0.3 is 0 Å². The molecule has 0 unspecified atom stereocenters. The largest absolute Gasteiger partial charge is 0.141 e. The lowest BCUT2D eigenvalue weighted by molar-refractivity contribution is 1.40. The Morgan fingerprint density at radius 3 is 0.881 bits per heavy atom. The van der Waals surface area contributed by atoms with Gasteiger partial charge in [0.25, 0.3) is 0 Å². The van der Waals surface area contributed by atoms with Gasteiger partial charge in [0.2, 0.25) is 0 Å². The van der Waals surface area contributed by atoms with Crippen molar-refractivity contribution in [2.24, 2.45) is 0 Å². The van der Waals surface area contributed by atoms with Gasteiger partial charge in [-0.05, 0) is 160 Å². The third kappa shape index (κ3) is 21.2. The minimum atomic E-state index is 0. The van der Waals surface area contributed by atoms with E-state index in [1.165, 1.54) is 113 Å². The van der Waals surface area contributed by atoms with Gasteiger partial charge in [-0.2, -0.15) is 0 Å². The van der Waals surface area contributed by atoms with Crippen LogP contribution in [0.4, 0.5) is 0 Å². The topological polar surface area (TPSA) is 0 Å². The van der Waals surface area contributed by atoms with E-state index in [1.54, 1.807) is 0 Å². The zero-order valence-corrected chi connectivity index (χ0v) is 51.3. The summed E-state index contributed by atoms with van der Waals surface area (Å²) in [6, 6.07) is 26.1. The first-order valence-corrected chi connectivity index (χ1v) is 29.3. The van der Waals surface area contributed by atoms with Crippen LogP contribution in [0.15, 0.2) is 72.8 Å². The Kier molecular flexibility index (Phi) is 37.5. The molecule has 0 spiro atoms. The number of fused-ring (bicyclic) bond motifs is 4. The molecule has 3 aromatic carbocycles. The highest BCUT2D eigenvalue weighted by molar-refractivity contribution is 7.29. The van der Waals surface area contributed by atoms with E-state index in [9.17, 15) is 0 Å². The molecule has 0 atom stereocenters. The van der Waals surface area contributed by atoms with E-state index in [0.29, 0.717) is 0 Å². The maximum Gasteiger partial charge on any atom is 0.0488 e. The van der Waals surface area contributed by atoms with Crippen molar-refractivity contribution in [2.45, 2.75) is 187 Å². The lowest BCUT2D eigenvalue weighted by Gasteiger charge is -1.90. The molecule has 0 bridgehead atoms. The Balaban J connectivity index is -0.000000355. The normalized spacial score (nSPS) is 9.22. The van der Waals surface area contributed by atoms with Crippen molar-refractivity contribution >= 4 is 107 Å². The molecule has 67 heavy (non-hydrogen) atoms. The number of thiophene rings is 6. The maximum absolute atomic E-state index is 2.24. The fraction of sp³-hybridized carbons (Fsp3) is 0.443. The second-order valence-corrected chi connectivity index (χ2v) is 21.9. The maximum atomic E-state index is 2.24. The molecule has 0 radical (unpaired) electrons. The summed E-state index contributed by atoms with van der Waals surface area (Å²) in [6.07, 6.45) is 0. The highest BCUT2D eigenvalue weighted by Crippen LogP contribution is 2.40. The van der Waals surface area contributed by atoms with Crippen LogP contribution in [0.2, 0.25) is 0 Å². The molecule has 0 aliphatic heterocycles. The Labute approximate surface area is 439 Å². The highest BCUT2D eigenvalue weighted by atomic mass is 32.1. The Bertz CT molecular complexity index is 2380. The summed E-state index contributed by atoms with van der Waals surface area (Å²) < 4.78 is 8.83. The van der Waals surface area contributed by atoms with Crippen molar-refractivity contribution in [1.82, 2.24) is 0 Å². The van der Waals surface area contributed by atoms with Gasteiger partial charge in [-0.15, -0.1) is 68.0 Å². The zero-order chi connectivity index (χ0) is 51.4. The predicted molar refractivity (Wildman–Crippen MR) is 333 cm³/mol. The number of hydrogen-bond donors (Lipinski definition) is 0. The summed E-state index contributed by atoms with van der Waals surface area (Å²) in [5, 5.41) is 2.76. The van der Waals surface area contributed by atoms with Gasteiger partial charge in [-0.25, -0.2) is 0 Å². The summed E-state index contributed by atoms with van der Waals surface area (Å²) in [6.45, 7) is 54.5. The molecule has 9 aromatic rings. The van der Waals surface area contributed by atoms with E-state index in [2.05, 4.69) is 170 Å². The van der Waals surface area contributed by atoms with Crippen LogP contribution in [0, 0.1) is 96.9 Å². The number of hydrogen-bond acceptors (Lipinski definition) is 6. The summed E-state index contributed by atoms with van der Waals surface area (Å²) in [4.78, 5) is 8.67. The van der Waals surface area contributed by atoms with Crippen LogP contribution < -0.4 is 0 Å². The monoisotopic (exact) mass is 1020 g/mol. The second-order valence-electron chi connectivity index (χ2n) is 14.4. The molecule has 0 saturated heterocycles. The molecule has 6 heteroatoms.